The van der Waals surface area contributed by atoms with Gasteiger partial charge in [0.05, 0.1) is 0 Å². The smallest absolute Gasteiger partial charge is 0.00168 e. The molecule has 0 unspecified atom stereocenters. The molecule has 0 N–H and O–H groups in total. The molecule has 0 saturated carbocycles. The molecule has 88 valence electrons. The third kappa shape index (κ3) is 9.74. The van der Waals surface area contributed by atoms with Gasteiger partial charge in [0.1, 0.15) is 0 Å². The van der Waals surface area contributed by atoms with E-state index in [0.717, 1.165) is 6.54 Å². The molecule has 0 spiro atoms. The first-order chi connectivity index (χ1) is 6.98. The molecule has 0 aromatic heterocycles. The number of nitrogens with zero attached hydrogens (tertiary/aromatic N) is 1. The fraction of sp³-hybridized carbons (Fsp3) is 0.714. The van der Waals surface area contributed by atoms with E-state index in [1.807, 2.05) is 0 Å². The predicted molar refractivity (Wildman–Crippen MR) is 70.1 cm³/mol. The molecule has 0 rings (SSSR count). The lowest BCUT2D eigenvalue weighted by Crippen LogP contribution is -2.19. The molecular formula is C14H27N. The Labute approximate surface area is 95.9 Å². The van der Waals surface area contributed by atoms with Gasteiger partial charge in [-0.25, -0.2) is 0 Å². The van der Waals surface area contributed by atoms with Gasteiger partial charge in [0.15, 0.2) is 0 Å². The highest BCUT2D eigenvalue weighted by molar-refractivity contribution is 5.07. The largest absolute Gasteiger partial charge is 0.309 e. The fourth-order valence-corrected chi connectivity index (χ4v) is 1.25. The molecule has 0 aliphatic rings. The molecule has 0 radical (unpaired) electrons. The predicted octanol–water partition coefficient (Wildman–Crippen LogP) is 3.88. The van der Waals surface area contributed by atoms with E-state index in [9.17, 15) is 0 Å². The Morgan fingerprint density at radius 1 is 1.13 bits per heavy atom. The van der Waals surface area contributed by atoms with Crippen LogP contribution < -0.4 is 0 Å². The third-order valence-corrected chi connectivity index (χ3v) is 2.45. The lowest BCUT2D eigenvalue weighted by Gasteiger charge is -2.22. The Morgan fingerprint density at radius 3 is 2.33 bits per heavy atom. The molecule has 1 nitrogen and oxygen atoms in total. The standard InChI is InChI=1S/C14H27N/c1-6-7-8-9-10-11-14(2,3)12-13-15(4)5/h8-11H,6-7,12-13H2,1-5H3. The molecule has 15 heavy (non-hydrogen) atoms. The van der Waals surface area contributed by atoms with E-state index in [-0.39, 0.29) is 0 Å². The summed E-state index contributed by atoms with van der Waals surface area (Å²) in [5.74, 6) is 0. The topological polar surface area (TPSA) is 3.24 Å². The lowest BCUT2D eigenvalue weighted by molar-refractivity contribution is 0.325. The van der Waals surface area contributed by atoms with Crippen LogP contribution in [0.3, 0.4) is 0 Å². The second-order valence-electron chi connectivity index (χ2n) is 5.12. The maximum absolute atomic E-state index is 2.31. The maximum Gasteiger partial charge on any atom is -0.00168 e. The zero-order chi connectivity index (χ0) is 11.7. The van der Waals surface area contributed by atoms with Crippen molar-refractivity contribution in [1.82, 2.24) is 4.90 Å². The molecule has 1 heteroatoms. The van der Waals surface area contributed by atoms with Crippen LogP contribution in [0.25, 0.3) is 0 Å². The molecule has 0 atom stereocenters. The van der Waals surface area contributed by atoms with Crippen molar-refractivity contribution in [2.24, 2.45) is 5.41 Å². The highest BCUT2D eigenvalue weighted by Gasteiger charge is 2.12. The Balaban J connectivity index is 3.90. The zero-order valence-electron chi connectivity index (χ0n) is 11.1. The van der Waals surface area contributed by atoms with Gasteiger partial charge in [0, 0.05) is 0 Å². The van der Waals surface area contributed by atoms with Gasteiger partial charge in [-0.3, -0.25) is 0 Å². The van der Waals surface area contributed by atoms with Gasteiger partial charge in [-0.15, -0.1) is 0 Å². The first-order valence-corrected chi connectivity index (χ1v) is 5.97. The minimum Gasteiger partial charge on any atom is -0.309 e. The summed E-state index contributed by atoms with van der Waals surface area (Å²) in [6.07, 6.45) is 12.5. The monoisotopic (exact) mass is 209 g/mol. The van der Waals surface area contributed by atoms with Crippen LogP contribution in [-0.2, 0) is 0 Å². The fourth-order valence-electron chi connectivity index (χ4n) is 1.25. The molecule has 0 amide bonds. The van der Waals surface area contributed by atoms with Crippen LogP contribution in [-0.4, -0.2) is 25.5 Å². The van der Waals surface area contributed by atoms with Crippen molar-refractivity contribution < 1.29 is 0 Å². The highest BCUT2D eigenvalue weighted by atomic mass is 15.0. The van der Waals surface area contributed by atoms with Crippen LogP contribution in [0.5, 0.6) is 0 Å². The summed E-state index contributed by atoms with van der Waals surface area (Å²) in [7, 11) is 4.25. The molecule has 0 fully saturated rings. The summed E-state index contributed by atoms with van der Waals surface area (Å²) < 4.78 is 0. The van der Waals surface area contributed by atoms with E-state index in [2.05, 4.69) is 64.1 Å². The van der Waals surface area contributed by atoms with Gasteiger partial charge in [0.2, 0.25) is 0 Å². The zero-order valence-corrected chi connectivity index (χ0v) is 11.1. The second kappa shape index (κ2) is 7.70. The molecule has 0 aliphatic carbocycles. The van der Waals surface area contributed by atoms with E-state index in [1.54, 1.807) is 0 Å². The summed E-state index contributed by atoms with van der Waals surface area (Å²) in [6.45, 7) is 7.94. The van der Waals surface area contributed by atoms with E-state index >= 15 is 0 Å². The summed E-state index contributed by atoms with van der Waals surface area (Å²) in [5.41, 5.74) is 0.306. The molecule has 0 saturated heterocycles. The number of hydrogen-bond donors (Lipinski definition) is 0. The van der Waals surface area contributed by atoms with Crippen molar-refractivity contribution in [2.75, 3.05) is 20.6 Å². The summed E-state index contributed by atoms with van der Waals surface area (Å²) in [4.78, 5) is 2.24. The molecule has 0 aromatic carbocycles. The van der Waals surface area contributed by atoms with Crippen LogP contribution in [0.1, 0.15) is 40.0 Å². The molecule has 0 bridgehead atoms. The molecule has 0 aromatic rings. The first-order valence-electron chi connectivity index (χ1n) is 5.97. The van der Waals surface area contributed by atoms with Crippen LogP contribution in [0.4, 0.5) is 0 Å². The van der Waals surface area contributed by atoms with Gasteiger partial charge >= 0.3 is 0 Å². The normalized spacial score (nSPS) is 13.5. The highest BCUT2D eigenvalue weighted by Crippen LogP contribution is 2.22. The average molecular weight is 209 g/mol. The van der Waals surface area contributed by atoms with Crippen LogP contribution in [0.2, 0.25) is 0 Å². The van der Waals surface area contributed by atoms with Gasteiger partial charge < -0.3 is 4.90 Å². The van der Waals surface area contributed by atoms with Crippen LogP contribution >= 0.6 is 0 Å². The maximum atomic E-state index is 2.31. The van der Waals surface area contributed by atoms with Crippen molar-refractivity contribution in [3.8, 4) is 0 Å². The summed E-state index contributed by atoms with van der Waals surface area (Å²) >= 11 is 0. The minimum atomic E-state index is 0.306. The Kier molecular flexibility index (Phi) is 7.41. The Hall–Kier alpha value is -0.560. The van der Waals surface area contributed by atoms with E-state index in [4.69, 9.17) is 0 Å². The molecule has 0 aliphatic heterocycles. The van der Waals surface area contributed by atoms with Gasteiger partial charge in [0.25, 0.3) is 0 Å². The minimum absolute atomic E-state index is 0.306. The Morgan fingerprint density at radius 2 is 1.80 bits per heavy atom. The third-order valence-electron chi connectivity index (χ3n) is 2.45. The Bertz CT molecular complexity index is 199. The molecule has 0 heterocycles. The van der Waals surface area contributed by atoms with Crippen LogP contribution in [0.15, 0.2) is 24.3 Å². The lowest BCUT2D eigenvalue weighted by atomic mass is 9.88. The second-order valence-corrected chi connectivity index (χ2v) is 5.12. The van der Waals surface area contributed by atoms with Gasteiger partial charge in [-0.05, 0) is 38.9 Å². The average Bonchev–Trinajstić information content (AvgIpc) is 2.15. The molecular weight excluding hydrogens is 182 g/mol. The van der Waals surface area contributed by atoms with Crippen molar-refractivity contribution in [2.45, 2.75) is 40.0 Å². The van der Waals surface area contributed by atoms with Gasteiger partial charge in [-0.2, -0.15) is 0 Å². The van der Waals surface area contributed by atoms with Gasteiger partial charge in [-0.1, -0.05) is 51.5 Å². The van der Waals surface area contributed by atoms with Crippen molar-refractivity contribution in [1.29, 1.82) is 0 Å². The quantitative estimate of drug-likeness (QED) is 0.575. The van der Waals surface area contributed by atoms with Crippen LogP contribution in [0, 0.1) is 5.41 Å². The first kappa shape index (κ1) is 14.4. The number of allylic oxidation sites excluding steroid dienone is 4. The SMILES string of the molecule is CCCC=CC=CC(C)(C)CCN(C)C. The summed E-state index contributed by atoms with van der Waals surface area (Å²) in [5, 5.41) is 0. The summed E-state index contributed by atoms with van der Waals surface area (Å²) in [6, 6.07) is 0. The number of rotatable bonds is 7. The van der Waals surface area contributed by atoms with Crippen molar-refractivity contribution in [3.63, 3.8) is 0 Å². The van der Waals surface area contributed by atoms with Crippen molar-refractivity contribution >= 4 is 0 Å². The van der Waals surface area contributed by atoms with E-state index in [0.29, 0.717) is 5.41 Å². The van der Waals surface area contributed by atoms with E-state index in [1.165, 1.54) is 19.3 Å². The number of hydrogen-bond acceptors (Lipinski definition) is 1. The van der Waals surface area contributed by atoms with E-state index < -0.39 is 0 Å². The van der Waals surface area contributed by atoms with Crippen molar-refractivity contribution in [3.05, 3.63) is 24.3 Å². The number of unbranched alkanes of at least 4 members (excludes halogenated alkanes) is 1.